The summed E-state index contributed by atoms with van der Waals surface area (Å²) in [4.78, 5) is 21.9. The summed E-state index contributed by atoms with van der Waals surface area (Å²) in [5, 5.41) is 13.3. The number of halogens is 4. The normalized spacial score (nSPS) is 13.0. The van der Waals surface area contributed by atoms with Crippen molar-refractivity contribution in [3.05, 3.63) is 32.3 Å². The number of alkyl halides is 4. The Morgan fingerprint density at radius 2 is 2.13 bits per heavy atom. The van der Waals surface area contributed by atoms with Crippen LogP contribution in [0.3, 0.4) is 0 Å². The minimum atomic E-state index is -1.91. The predicted molar refractivity (Wildman–Crippen MR) is 95.5 cm³/mol. The van der Waals surface area contributed by atoms with Gasteiger partial charge in [0.1, 0.15) is 5.88 Å². The summed E-state index contributed by atoms with van der Waals surface area (Å²) in [6.45, 7) is 0. The largest absolute Gasteiger partial charge is 0.331 e. The van der Waals surface area contributed by atoms with Crippen molar-refractivity contribution in [1.82, 2.24) is 9.88 Å². The second-order valence-electron chi connectivity index (χ2n) is 4.29. The van der Waals surface area contributed by atoms with Crippen LogP contribution in [0.5, 0.6) is 0 Å². The molecule has 12 heteroatoms. The molecular formula is C11H7Cl4N3O3S2. The van der Waals surface area contributed by atoms with E-state index in [4.69, 9.17) is 58.6 Å². The van der Waals surface area contributed by atoms with Gasteiger partial charge >= 0.3 is 0 Å². The van der Waals surface area contributed by atoms with E-state index in [1.165, 1.54) is 22.8 Å². The van der Waals surface area contributed by atoms with E-state index in [1.54, 1.807) is 0 Å². The molecular weight excluding hydrogens is 428 g/mol. The van der Waals surface area contributed by atoms with Crippen LogP contribution in [0.1, 0.15) is 6.17 Å². The highest BCUT2D eigenvalue weighted by Gasteiger charge is 2.37. The van der Waals surface area contributed by atoms with E-state index in [1.807, 2.05) is 0 Å². The Bertz CT molecular complexity index is 830. The third-order valence-electron chi connectivity index (χ3n) is 2.80. The lowest BCUT2D eigenvalue weighted by atomic mass is 10.3. The Hall–Kier alpha value is -0.640. The smallest absolute Gasteiger partial charge is 0.270 e. The molecule has 1 aromatic heterocycles. The van der Waals surface area contributed by atoms with Crippen LogP contribution >= 0.6 is 70.0 Å². The Balaban J connectivity index is 2.63. The van der Waals surface area contributed by atoms with Crippen LogP contribution in [0.25, 0.3) is 10.2 Å². The Morgan fingerprint density at radius 1 is 1.48 bits per heavy atom. The van der Waals surface area contributed by atoms with E-state index < -0.39 is 20.8 Å². The maximum Gasteiger partial charge on any atom is 0.270 e. The fraction of sp³-hybridized carbons (Fsp3) is 0.273. The van der Waals surface area contributed by atoms with Gasteiger partial charge in [0.05, 0.1) is 15.1 Å². The van der Waals surface area contributed by atoms with Crippen LogP contribution in [0.4, 0.5) is 5.69 Å². The van der Waals surface area contributed by atoms with Crippen LogP contribution in [0.15, 0.2) is 18.2 Å². The molecule has 0 aliphatic rings. The number of benzene rings is 1. The molecule has 1 amide bonds. The molecule has 2 rings (SSSR count). The molecule has 0 spiro atoms. The second kappa shape index (κ2) is 7.08. The zero-order valence-electron chi connectivity index (χ0n) is 11.0. The molecule has 2 aromatic rings. The summed E-state index contributed by atoms with van der Waals surface area (Å²) in [5.74, 6) is -0.871. The van der Waals surface area contributed by atoms with Gasteiger partial charge < -0.3 is 5.32 Å². The Labute approximate surface area is 159 Å². The maximum atomic E-state index is 11.6. The topological polar surface area (TPSA) is 77.2 Å². The first-order valence-corrected chi connectivity index (χ1v) is 8.76. The lowest BCUT2D eigenvalue weighted by molar-refractivity contribution is -0.384. The van der Waals surface area contributed by atoms with E-state index >= 15 is 0 Å². The van der Waals surface area contributed by atoms with Crippen molar-refractivity contribution in [3.63, 3.8) is 0 Å². The highest BCUT2D eigenvalue weighted by Crippen LogP contribution is 2.40. The number of amides is 1. The number of nitrogens with one attached hydrogen (secondary N) is 1. The second-order valence-corrected chi connectivity index (χ2v) is 8.60. The standard InChI is InChI=1S/C11H7Cl4N3O3S2/c12-4-8(19)16-9(11(13,14)15)17-6-2-1-5(18(20)21)3-7(6)23-10(17)22/h1-3,9H,4H2,(H,16,19). The molecule has 1 unspecified atom stereocenters. The highest BCUT2D eigenvalue weighted by molar-refractivity contribution is 7.73. The number of aromatic nitrogens is 1. The number of hydrogen-bond acceptors (Lipinski definition) is 5. The van der Waals surface area contributed by atoms with Crippen molar-refractivity contribution in [2.75, 3.05) is 5.88 Å². The summed E-state index contributed by atoms with van der Waals surface area (Å²) in [5.41, 5.74) is 0.410. The lowest BCUT2D eigenvalue weighted by Crippen LogP contribution is -2.40. The summed E-state index contributed by atoms with van der Waals surface area (Å²) >= 11 is 29.7. The van der Waals surface area contributed by atoms with E-state index in [0.29, 0.717) is 10.2 Å². The van der Waals surface area contributed by atoms with Gasteiger partial charge in [-0.1, -0.05) is 34.8 Å². The molecule has 0 fully saturated rings. The van der Waals surface area contributed by atoms with Gasteiger partial charge in [-0.25, -0.2) is 0 Å². The van der Waals surface area contributed by atoms with Crippen LogP contribution in [-0.4, -0.2) is 25.1 Å². The molecule has 0 radical (unpaired) electrons. The minimum absolute atomic E-state index is 0.0869. The van der Waals surface area contributed by atoms with Crippen molar-refractivity contribution in [1.29, 1.82) is 0 Å². The van der Waals surface area contributed by atoms with Crippen molar-refractivity contribution in [3.8, 4) is 0 Å². The lowest BCUT2D eigenvalue weighted by Gasteiger charge is -2.27. The average molecular weight is 435 g/mol. The van der Waals surface area contributed by atoms with Gasteiger partial charge in [-0.3, -0.25) is 19.5 Å². The molecule has 0 saturated carbocycles. The molecule has 1 heterocycles. The first kappa shape index (κ1) is 18.7. The number of thiazole rings is 1. The summed E-state index contributed by atoms with van der Waals surface area (Å²) < 4.78 is 0.335. The number of nitrogens with zero attached hydrogens (tertiary/aromatic N) is 2. The quantitative estimate of drug-likeness (QED) is 0.331. The molecule has 1 N–H and O–H groups in total. The van der Waals surface area contributed by atoms with Crippen LogP contribution in [0.2, 0.25) is 0 Å². The van der Waals surface area contributed by atoms with Crippen LogP contribution in [0, 0.1) is 14.1 Å². The van der Waals surface area contributed by atoms with Crippen LogP contribution in [-0.2, 0) is 4.79 Å². The molecule has 0 saturated heterocycles. The molecule has 124 valence electrons. The van der Waals surface area contributed by atoms with E-state index in [0.717, 1.165) is 11.3 Å². The monoisotopic (exact) mass is 433 g/mol. The molecule has 0 bridgehead atoms. The zero-order chi connectivity index (χ0) is 17.4. The minimum Gasteiger partial charge on any atom is -0.331 e. The molecule has 6 nitrogen and oxygen atoms in total. The summed E-state index contributed by atoms with van der Waals surface area (Å²) in [6.07, 6.45) is -1.11. The van der Waals surface area contributed by atoms with Gasteiger partial charge in [-0.05, 0) is 18.3 Å². The van der Waals surface area contributed by atoms with E-state index in [-0.39, 0.29) is 15.5 Å². The van der Waals surface area contributed by atoms with Crippen molar-refractivity contribution < 1.29 is 9.72 Å². The zero-order valence-corrected chi connectivity index (χ0v) is 15.6. The summed E-state index contributed by atoms with van der Waals surface area (Å²) in [6, 6.07) is 4.15. The summed E-state index contributed by atoms with van der Waals surface area (Å²) in [7, 11) is 0. The number of nitro groups is 1. The first-order valence-electron chi connectivity index (χ1n) is 5.86. The van der Waals surface area contributed by atoms with E-state index in [2.05, 4.69) is 5.32 Å². The van der Waals surface area contributed by atoms with Gasteiger partial charge in [0.25, 0.3) is 5.69 Å². The fourth-order valence-corrected chi connectivity index (χ4v) is 3.81. The fourth-order valence-electron chi connectivity index (χ4n) is 1.87. The number of carbonyl (C=O) groups is 1. The average Bonchev–Trinajstić information content (AvgIpc) is 2.77. The number of nitro benzene ring substituents is 1. The van der Waals surface area contributed by atoms with Gasteiger partial charge in [0, 0.05) is 12.1 Å². The Kier molecular flexibility index (Phi) is 5.76. The molecule has 1 atom stereocenters. The third kappa shape index (κ3) is 4.07. The molecule has 0 aliphatic carbocycles. The maximum absolute atomic E-state index is 11.6. The molecule has 1 aromatic carbocycles. The SMILES string of the molecule is O=C(CCl)NC(n1c(=S)sc2cc([N+](=O)[O-])ccc21)C(Cl)(Cl)Cl. The van der Waals surface area contributed by atoms with Crippen molar-refractivity contribution >= 4 is 91.8 Å². The number of rotatable bonds is 4. The van der Waals surface area contributed by atoms with Gasteiger partial charge in [0.15, 0.2) is 10.1 Å². The molecule has 23 heavy (non-hydrogen) atoms. The van der Waals surface area contributed by atoms with Gasteiger partial charge in [0.2, 0.25) is 9.70 Å². The number of carbonyl (C=O) groups excluding carboxylic acids is 1. The van der Waals surface area contributed by atoms with Crippen molar-refractivity contribution in [2.45, 2.75) is 9.96 Å². The Morgan fingerprint density at radius 3 is 2.65 bits per heavy atom. The number of hydrogen-bond donors (Lipinski definition) is 1. The third-order valence-corrected chi connectivity index (χ3v) is 5.02. The van der Waals surface area contributed by atoms with Gasteiger partial charge in [-0.15, -0.1) is 22.9 Å². The van der Waals surface area contributed by atoms with Crippen LogP contribution < -0.4 is 5.32 Å². The van der Waals surface area contributed by atoms with Crippen molar-refractivity contribution in [2.24, 2.45) is 0 Å². The number of non-ortho nitro benzene ring substituents is 1. The predicted octanol–water partition coefficient (Wildman–Crippen LogP) is 4.56. The number of fused-ring (bicyclic) bond motifs is 1. The van der Waals surface area contributed by atoms with E-state index in [9.17, 15) is 14.9 Å². The highest BCUT2D eigenvalue weighted by atomic mass is 35.6. The van der Waals surface area contributed by atoms with Gasteiger partial charge in [-0.2, -0.15) is 0 Å². The molecule has 0 aliphatic heterocycles. The first-order chi connectivity index (χ1) is 10.6.